The first-order valence-corrected chi connectivity index (χ1v) is 6.47. The van der Waals surface area contributed by atoms with E-state index in [2.05, 4.69) is 18.9 Å². The predicted octanol–water partition coefficient (Wildman–Crippen LogP) is 2.64. The number of ether oxygens (including phenoxy) is 1. The van der Waals surface area contributed by atoms with Crippen molar-refractivity contribution in [2.24, 2.45) is 18.7 Å². The number of nitrogens with zero attached hydrogens (tertiary/aromatic N) is 2. The van der Waals surface area contributed by atoms with Crippen molar-refractivity contribution in [2.45, 2.75) is 45.6 Å². The second-order valence-corrected chi connectivity index (χ2v) is 4.56. The Morgan fingerprint density at radius 3 is 2.71 bits per heavy atom. The van der Waals surface area contributed by atoms with Gasteiger partial charge in [-0.2, -0.15) is 5.10 Å². The smallest absolute Gasteiger partial charge is 0.161 e. The lowest BCUT2D eigenvalue weighted by molar-refractivity contribution is 0.345. The van der Waals surface area contributed by atoms with E-state index in [-0.39, 0.29) is 6.04 Å². The third kappa shape index (κ3) is 3.22. The summed E-state index contributed by atoms with van der Waals surface area (Å²) in [6.45, 7) is 4.41. The molecule has 0 aliphatic heterocycles. The predicted molar refractivity (Wildman–Crippen MR) is 70.0 cm³/mol. The minimum Gasteiger partial charge on any atom is -0.493 e. The summed E-state index contributed by atoms with van der Waals surface area (Å²) in [5.74, 6) is 1.30. The van der Waals surface area contributed by atoms with E-state index in [0.29, 0.717) is 5.92 Å². The Kier molecular flexibility index (Phi) is 5.48. The molecule has 0 fully saturated rings. The van der Waals surface area contributed by atoms with Crippen LogP contribution in [0.15, 0.2) is 6.20 Å². The van der Waals surface area contributed by atoms with Crippen LogP contribution in [0.3, 0.4) is 0 Å². The summed E-state index contributed by atoms with van der Waals surface area (Å²) in [7, 11) is 3.59. The van der Waals surface area contributed by atoms with Crippen molar-refractivity contribution in [1.29, 1.82) is 0 Å². The molecule has 1 heterocycles. The molecule has 0 radical (unpaired) electrons. The summed E-state index contributed by atoms with van der Waals surface area (Å²) < 4.78 is 7.15. The number of hydrogen-bond acceptors (Lipinski definition) is 3. The maximum atomic E-state index is 6.37. The summed E-state index contributed by atoms with van der Waals surface area (Å²) in [6.07, 6.45) is 6.44. The molecule has 0 aromatic carbocycles. The highest BCUT2D eigenvalue weighted by Gasteiger charge is 2.23. The first kappa shape index (κ1) is 14.0. The van der Waals surface area contributed by atoms with E-state index in [1.807, 2.05) is 11.7 Å². The average Bonchev–Trinajstić information content (AvgIpc) is 2.71. The van der Waals surface area contributed by atoms with E-state index in [0.717, 1.165) is 17.9 Å². The number of nitrogens with two attached hydrogens (primary N) is 1. The lowest BCUT2D eigenvalue weighted by atomic mass is 9.90. The molecule has 0 aliphatic carbocycles. The molecule has 1 rings (SSSR count). The fourth-order valence-electron chi connectivity index (χ4n) is 2.29. The van der Waals surface area contributed by atoms with Crippen LogP contribution in [0.2, 0.25) is 0 Å². The number of aryl methyl sites for hydroxylation is 1. The fourth-order valence-corrected chi connectivity index (χ4v) is 2.29. The van der Waals surface area contributed by atoms with E-state index in [1.165, 1.54) is 19.3 Å². The molecule has 1 aromatic heterocycles. The number of methoxy groups -OCH3 is 1. The largest absolute Gasteiger partial charge is 0.493 e. The second kappa shape index (κ2) is 6.64. The zero-order valence-corrected chi connectivity index (χ0v) is 11.4. The van der Waals surface area contributed by atoms with Crippen LogP contribution in [0.1, 0.15) is 51.3 Å². The standard InChI is InChI=1S/C13H25N3O/c1-5-7-8-10(6-2)12(14)13-11(17-4)9-15-16(13)3/h9-10,12H,5-8,14H2,1-4H3. The molecule has 0 spiro atoms. The summed E-state index contributed by atoms with van der Waals surface area (Å²) in [6, 6.07) is 0.00833. The number of unbranched alkanes of at least 4 members (excludes halogenated alkanes) is 1. The number of rotatable bonds is 7. The molecule has 4 heteroatoms. The van der Waals surface area contributed by atoms with Crippen LogP contribution in [0.4, 0.5) is 0 Å². The third-order valence-electron chi connectivity index (χ3n) is 3.45. The van der Waals surface area contributed by atoms with Gasteiger partial charge in [0.2, 0.25) is 0 Å². The van der Waals surface area contributed by atoms with Crippen LogP contribution in [0.25, 0.3) is 0 Å². The van der Waals surface area contributed by atoms with E-state index in [9.17, 15) is 0 Å². The van der Waals surface area contributed by atoms with Crippen molar-refractivity contribution in [1.82, 2.24) is 9.78 Å². The van der Waals surface area contributed by atoms with Crippen molar-refractivity contribution >= 4 is 0 Å². The molecule has 0 amide bonds. The summed E-state index contributed by atoms with van der Waals surface area (Å²) >= 11 is 0. The molecular formula is C13H25N3O. The first-order valence-electron chi connectivity index (χ1n) is 6.47. The van der Waals surface area contributed by atoms with Crippen molar-refractivity contribution in [3.63, 3.8) is 0 Å². The molecule has 2 atom stereocenters. The van der Waals surface area contributed by atoms with Gasteiger partial charge < -0.3 is 10.5 Å². The van der Waals surface area contributed by atoms with E-state index in [1.54, 1.807) is 13.3 Å². The molecule has 1 aromatic rings. The third-order valence-corrected chi connectivity index (χ3v) is 3.45. The minimum atomic E-state index is 0.00833. The van der Waals surface area contributed by atoms with Gasteiger partial charge in [-0.3, -0.25) is 4.68 Å². The maximum absolute atomic E-state index is 6.37. The molecule has 2 N–H and O–H groups in total. The van der Waals surface area contributed by atoms with Crippen LogP contribution in [0.5, 0.6) is 5.75 Å². The Morgan fingerprint density at radius 1 is 1.47 bits per heavy atom. The van der Waals surface area contributed by atoms with Crippen molar-refractivity contribution in [2.75, 3.05) is 7.11 Å². The molecule has 0 bridgehead atoms. The lowest BCUT2D eigenvalue weighted by Gasteiger charge is -2.23. The maximum Gasteiger partial charge on any atom is 0.161 e. The molecule has 0 aliphatic rings. The van der Waals surface area contributed by atoms with Crippen LogP contribution < -0.4 is 10.5 Å². The minimum absolute atomic E-state index is 0.00833. The average molecular weight is 239 g/mol. The highest BCUT2D eigenvalue weighted by atomic mass is 16.5. The molecular weight excluding hydrogens is 214 g/mol. The number of aromatic nitrogens is 2. The van der Waals surface area contributed by atoms with Gasteiger partial charge in [-0.15, -0.1) is 0 Å². The molecule has 0 saturated carbocycles. The Balaban J connectivity index is 2.84. The molecule has 0 saturated heterocycles. The van der Waals surface area contributed by atoms with Crippen LogP contribution in [0, 0.1) is 5.92 Å². The summed E-state index contributed by atoms with van der Waals surface area (Å²) in [5, 5.41) is 4.22. The van der Waals surface area contributed by atoms with E-state index < -0.39 is 0 Å². The van der Waals surface area contributed by atoms with Gasteiger partial charge >= 0.3 is 0 Å². The van der Waals surface area contributed by atoms with Crippen molar-refractivity contribution in [3.8, 4) is 5.75 Å². The normalized spacial score (nSPS) is 14.6. The Labute approximate surface area is 104 Å². The van der Waals surface area contributed by atoms with E-state index >= 15 is 0 Å². The van der Waals surface area contributed by atoms with Gasteiger partial charge in [0.05, 0.1) is 25.0 Å². The van der Waals surface area contributed by atoms with E-state index in [4.69, 9.17) is 10.5 Å². The van der Waals surface area contributed by atoms with Gasteiger partial charge in [0.1, 0.15) is 0 Å². The molecule has 4 nitrogen and oxygen atoms in total. The molecule has 98 valence electrons. The van der Waals surface area contributed by atoms with Crippen molar-refractivity contribution < 1.29 is 4.74 Å². The molecule has 2 unspecified atom stereocenters. The topological polar surface area (TPSA) is 53.1 Å². The SMILES string of the molecule is CCCCC(CC)C(N)c1c(OC)cnn1C. The van der Waals surface area contributed by atoms with Gasteiger partial charge in [0, 0.05) is 7.05 Å². The Bertz CT molecular complexity index is 335. The quantitative estimate of drug-likeness (QED) is 0.796. The van der Waals surface area contributed by atoms with Gasteiger partial charge in [0.25, 0.3) is 0 Å². The second-order valence-electron chi connectivity index (χ2n) is 4.56. The van der Waals surface area contributed by atoms with Crippen LogP contribution in [-0.4, -0.2) is 16.9 Å². The fraction of sp³-hybridized carbons (Fsp3) is 0.769. The van der Waals surface area contributed by atoms with Crippen LogP contribution >= 0.6 is 0 Å². The summed E-state index contributed by atoms with van der Waals surface area (Å²) in [5.41, 5.74) is 7.38. The van der Waals surface area contributed by atoms with Gasteiger partial charge in [-0.25, -0.2) is 0 Å². The summed E-state index contributed by atoms with van der Waals surface area (Å²) in [4.78, 5) is 0. The van der Waals surface area contributed by atoms with Gasteiger partial charge in [-0.05, 0) is 12.3 Å². The number of hydrogen-bond donors (Lipinski definition) is 1. The highest BCUT2D eigenvalue weighted by Crippen LogP contribution is 2.31. The van der Waals surface area contributed by atoms with Crippen molar-refractivity contribution in [3.05, 3.63) is 11.9 Å². The first-order chi connectivity index (χ1) is 8.15. The lowest BCUT2D eigenvalue weighted by Crippen LogP contribution is -2.24. The highest BCUT2D eigenvalue weighted by molar-refractivity contribution is 5.28. The Hall–Kier alpha value is -1.03. The monoisotopic (exact) mass is 239 g/mol. The zero-order chi connectivity index (χ0) is 12.8. The van der Waals surface area contributed by atoms with Crippen LogP contribution in [-0.2, 0) is 7.05 Å². The zero-order valence-electron chi connectivity index (χ0n) is 11.4. The van der Waals surface area contributed by atoms with Gasteiger partial charge in [-0.1, -0.05) is 33.1 Å². The Morgan fingerprint density at radius 2 is 2.18 bits per heavy atom. The molecule has 17 heavy (non-hydrogen) atoms. The van der Waals surface area contributed by atoms with Gasteiger partial charge in [0.15, 0.2) is 5.75 Å².